The number of carbonyl (C=O) groups excluding carboxylic acids is 2. The predicted molar refractivity (Wildman–Crippen MR) is 136 cm³/mol. The Morgan fingerprint density at radius 2 is 1.83 bits per heavy atom. The number of nitrogens with zero attached hydrogens (tertiary/aromatic N) is 3. The number of anilines is 2. The Kier molecular flexibility index (Phi) is 7.11. The Balaban J connectivity index is 1.53. The van der Waals surface area contributed by atoms with Gasteiger partial charge in [-0.05, 0) is 54.4 Å². The van der Waals surface area contributed by atoms with Crippen molar-refractivity contribution < 1.29 is 14.3 Å². The molecule has 0 aliphatic carbocycles. The smallest absolute Gasteiger partial charge is 0.276 e. The topological polar surface area (TPSA) is 102 Å². The number of aryl methyl sites for hydroxylation is 1. The van der Waals surface area contributed by atoms with Crippen LogP contribution in [0.2, 0.25) is 0 Å². The third kappa shape index (κ3) is 5.86. The van der Waals surface area contributed by atoms with Gasteiger partial charge in [0.1, 0.15) is 11.4 Å². The second-order valence-electron chi connectivity index (χ2n) is 8.13. The van der Waals surface area contributed by atoms with Gasteiger partial charge >= 0.3 is 0 Å². The number of rotatable bonds is 9. The molecule has 4 rings (SSSR count). The zero-order valence-corrected chi connectivity index (χ0v) is 19.6. The van der Waals surface area contributed by atoms with Crippen LogP contribution < -0.4 is 20.7 Å². The molecule has 0 unspecified atom stereocenters. The maximum atomic E-state index is 12.9. The molecule has 1 heterocycles. The highest BCUT2D eigenvalue weighted by Gasteiger charge is 2.15. The summed E-state index contributed by atoms with van der Waals surface area (Å²) in [6.45, 7) is 2.53. The number of hydrogen-bond donors (Lipinski definition) is 2. The van der Waals surface area contributed by atoms with E-state index >= 15 is 0 Å². The lowest BCUT2D eigenvalue weighted by atomic mass is 10.2. The number of primary amides is 1. The number of aromatic nitrogens is 2. The lowest BCUT2D eigenvalue weighted by molar-refractivity contribution is -0.116. The Hall–Kier alpha value is -4.59. The molecule has 0 spiro atoms. The number of benzene rings is 3. The summed E-state index contributed by atoms with van der Waals surface area (Å²) in [6, 6.07) is 24.5. The first kappa shape index (κ1) is 23.6. The zero-order valence-electron chi connectivity index (χ0n) is 19.6. The fourth-order valence-corrected chi connectivity index (χ4v) is 3.76. The molecule has 4 aromatic rings. The highest BCUT2D eigenvalue weighted by Crippen LogP contribution is 2.24. The van der Waals surface area contributed by atoms with Crippen LogP contribution in [0, 0.1) is 6.92 Å². The van der Waals surface area contributed by atoms with E-state index in [0.717, 1.165) is 22.5 Å². The molecule has 8 heteroatoms. The number of nitrogens with one attached hydrogen (secondary N) is 1. The molecule has 35 heavy (non-hydrogen) atoms. The third-order valence-corrected chi connectivity index (χ3v) is 5.44. The van der Waals surface area contributed by atoms with Gasteiger partial charge in [-0.2, -0.15) is 5.10 Å². The van der Waals surface area contributed by atoms with Crippen LogP contribution in [0.3, 0.4) is 0 Å². The second-order valence-corrected chi connectivity index (χ2v) is 8.13. The molecule has 0 fully saturated rings. The van der Waals surface area contributed by atoms with Crippen molar-refractivity contribution in [3.8, 4) is 11.4 Å². The number of amides is 2. The Labute approximate surface area is 203 Å². The van der Waals surface area contributed by atoms with Crippen molar-refractivity contribution in [3.05, 3.63) is 102 Å². The van der Waals surface area contributed by atoms with E-state index in [1.165, 1.54) is 0 Å². The summed E-state index contributed by atoms with van der Waals surface area (Å²) < 4.78 is 7.04. The molecule has 8 nitrogen and oxygen atoms in total. The summed E-state index contributed by atoms with van der Waals surface area (Å²) in [7, 11) is 1.59. The molecule has 0 saturated carbocycles. The molecule has 0 bridgehead atoms. The lowest BCUT2D eigenvalue weighted by Crippen LogP contribution is -2.33. The van der Waals surface area contributed by atoms with Crippen molar-refractivity contribution in [2.24, 2.45) is 5.73 Å². The van der Waals surface area contributed by atoms with E-state index in [1.807, 2.05) is 78.6 Å². The monoisotopic (exact) mass is 469 g/mol. The van der Waals surface area contributed by atoms with Gasteiger partial charge in [0.15, 0.2) is 5.69 Å². The minimum Gasteiger partial charge on any atom is -0.494 e. The average Bonchev–Trinajstić information content (AvgIpc) is 3.35. The molecule has 0 radical (unpaired) electrons. The van der Waals surface area contributed by atoms with Crippen LogP contribution in [0.5, 0.6) is 5.75 Å². The molecular weight excluding hydrogens is 442 g/mol. The molecule has 0 saturated heterocycles. The minimum absolute atomic E-state index is 0.0506. The van der Waals surface area contributed by atoms with Gasteiger partial charge in [0.25, 0.3) is 5.91 Å². The first-order valence-electron chi connectivity index (χ1n) is 11.1. The van der Waals surface area contributed by atoms with E-state index in [1.54, 1.807) is 30.1 Å². The quantitative estimate of drug-likeness (QED) is 0.387. The van der Waals surface area contributed by atoms with Crippen molar-refractivity contribution in [1.82, 2.24) is 9.78 Å². The van der Waals surface area contributed by atoms with Crippen LogP contribution in [0.15, 0.2) is 85.1 Å². The SMILES string of the molecule is COc1ccc(C)cc1-n1ccc(C(=O)Nc2cccc(N(CC(N)=O)Cc3ccccc3)c2)n1. The summed E-state index contributed by atoms with van der Waals surface area (Å²) in [4.78, 5) is 26.5. The predicted octanol–water partition coefficient (Wildman–Crippen LogP) is 3.93. The average molecular weight is 470 g/mol. The van der Waals surface area contributed by atoms with E-state index in [4.69, 9.17) is 10.5 Å². The van der Waals surface area contributed by atoms with Crippen molar-refractivity contribution >= 4 is 23.2 Å². The van der Waals surface area contributed by atoms with Crippen LogP contribution in [0.1, 0.15) is 21.6 Å². The normalized spacial score (nSPS) is 10.6. The largest absolute Gasteiger partial charge is 0.494 e. The van der Waals surface area contributed by atoms with E-state index in [2.05, 4.69) is 10.4 Å². The Morgan fingerprint density at radius 3 is 2.57 bits per heavy atom. The molecule has 0 aliphatic heterocycles. The van der Waals surface area contributed by atoms with Crippen LogP contribution in [0.25, 0.3) is 5.69 Å². The molecule has 3 N–H and O–H groups in total. The minimum atomic E-state index is -0.438. The van der Waals surface area contributed by atoms with Crippen molar-refractivity contribution in [2.75, 3.05) is 23.9 Å². The molecule has 1 aromatic heterocycles. The summed E-state index contributed by atoms with van der Waals surface area (Å²) in [5.41, 5.74) is 9.94. The van der Waals surface area contributed by atoms with Crippen LogP contribution in [-0.4, -0.2) is 35.2 Å². The van der Waals surface area contributed by atoms with Gasteiger partial charge in [-0.25, -0.2) is 4.68 Å². The van der Waals surface area contributed by atoms with Crippen LogP contribution in [-0.2, 0) is 11.3 Å². The fraction of sp³-hybridized carbons (Fsp3) is 0.148. The summed E-state index contributed by atoms with van der Waals surface area (Å²) in [5, 5.41) is 7.32. The highest BCUT2D eigenvalue weighted by molar-refractivity contribution is 6.03. The molecule has 0 atom stereocenters. The van der Waals surface area contributed by atoms with E-state index in [9.17, 15) is 9.59 Å². The van der Waals surface area contributed by atoms with E-state index in [0.29, 0.717) is 18.0 Å². The number of ether oxygens (including phenoxy) is 1. The van der Waals surface area contributed by atoms with Gasteiger partial charge in [0.05, 0.1) is 13.7 Å². The molecule has 178 valence electrons. The second kappa shape index (κ2) is 10.6. The molecule has 2 amide bonds. The Bertz CT molecular complexity index is 1330. The van der Waals surface area contributed by atoms with Crippen molar-refractivity contribution in [3.63, 3.8) is 0 Å². The summed E-state index contributed by atoms with van der Waals surface area (Å²) in [6.07, 6.45) is 1.72. The van der Waals surface area contributed by atoms with Crippen LogP contribution >= 0.6 is 0 Å². The number of nitrogens with two attached hydrogens (primary N) is 1. The first-order chi connectivity index (χ1) is 16.9. The van der Waals surface area contributed by atoms with Crippen molar-refractivity contribution in [1.29, 1.82) is 0 Å². The third-order valence-electron chi connectivity index (χ3n) is 5.44. The fourth-order valence-electron chi connectivity index (χ4n) is 3.76. The maximum absolute atomic E-state index is 12.9. The first-order valence-corrected chi connectivity index (χ1v) is 11.1. The van der Waals surface area contributed by atoms with E-state index < -0.39 is 5.91 Å². The number of carbonyl (C=O) groups is 2. The van der Waals surface area contributed by atoms with Gasteiger partial charge in [-0.3, -0.25) is 9.59 Å². The molecule has 0 aliphatic rings. The zero-order chi connectivity index (χ0) is 24.8. The van der Waals surface area contributed by atoms with Crippen LogP contribution in [0.4, 0.5) is 11.4 Å². The summed E-state index contributed by atoms with van der Waals surface area (Å²) >= 11 is 0. The standard InChI is InChI=1S/C27H27N5O3/c1-19-11-12-25(35-2)24(15-19)32-14-13-23(30-32)27(34)29-21-9-6-10-22(16-21)31(18-26(28)33)17-20-7-4-3-5-8-20/h3-16H,17-18H2,1-2H3,(H2,28,33)(H,29,34). The van der Waals surface area contributed by atoms with Gasteiger partial charge in [-0.15, -0.1) is 0 Å². The van der Waals surface area contributed by atoms with Gasteiger partial charge in [-0.1, -0.05) is 42.5 Å². The summed E-state index contributed by atoms with van der Waals surface area (Å²) in [5.74, 6) is -0.129. The van der Waals surface area contributed by atoms with Gasteiger partial charge in [0.2, 0.25) is 5.91 Å². The molecular formula is C27H27N5O3. The van der Waals surface area contributed by atoms with Crippen molar-refractivity contribution in [2.45, 2.75) is 13.5 Å². The Morgan fingerprint density at radius 1 is 1.03 bits per heavy atom. The number of hydrogen-bond acceptors (Lipinski definition) is 5. The maximum Gasteiger partial charge on any atom is 0.276 e. The highest BCUT2D eigenvalue weighted by atomic mass is 16.5. The van der Waals surface area contributed by atoms with Gasteiger partial charge < -0.3 is 20.7 Å². The number of methoxy groups -OCH3 is 1. The lowest BCUT2D eigenvalue weighted by Gasteiger charge is -2.24. The molecule has 3 aromatic carbocycles. The van der Waals surface area contributed by atoms with Gasteiger partial charge in [0, 0.05) is 24.1 Å². The van der Waals surface area contributed by atoms with E-state index in [-0.39, 0.29) is 18.1 Å².